The third-order valence-corrected chi connectivity index (χ3v) is 6.64. The Bertz CT molecular complexity index is 789. The number of ether oxygens (including phenoxy) is 1. The van der Waals surface area contributed by atoms with E-state index >= 15 is 0 Å². The van der Waals surface area contributed by atoms with Gasteiger partial charge in [-0.2, -0.15) is 0 Å². The maximum atomic E-state index is 12.4. The topological polar surface area (TPSA) is 96.9 Å². The zero-order valence-corrected chi connectivity index (χ0v) is 15.6. The lowest BCUT2D eigenvalue weighted by Crippen LogP contribution is -2.40. The van der Waals surface area contributed by atoms with Crippen LogP contribution in [0.2, 0.25) is 0 Å². The minimum Gasteiger partial charge on any atom is -0.452 e. The van der Waals surface area contributed by atoms with Crippen LogP contribution in [-0.2, 0) is 19.4 Å². The van der Waals surface area contributed by atoms with Crippen molar-refractivity contribution in [2.75, 3.05) is 43.1 Å². The highest BCUT2D eigenvalue weighted by atomic mass is 32.2. The number of esters is 1. The van der Waals surface area contributed by atoms with Gasteiger partial charge in [0, 0.05) is 32.4 Å². The number of hydrogen-bond acceptors (Lipinski definition) is 7. The second-order valence-corrected chi connectivity index (χ2v) is 8.94. The van der Waals surface area contributed by atoms with Gasteiger partial charge in [-0.1, -0.05) is 0 Å². The van der Waals surface area contributed by atoms with Crippen molar-refractivity contribution in [3.05, 3.63) is 23.9 Å². The normalized spacial score (nSPS) is 21.6. The summed E-state index contributed by atoms with van der Waals surface area (Å²) in [5.41, 5.74) is 0.341. The molecule has 2 saturated heterocycles. The largest absolute Gasteiger partial charge is 0.452 e. The van der Waals surface area contributed by atoms with Crippen molar-refractivity contribution >= 4 is 27.5 Å². The number of hydrogen-bond donors (Lipinski definition) is 0. The van der Waals surface area contributed by atoms with Crippen LogP contribution in [0.4, 0.5) is 5.82 Å². The van der Waals surface area contributed by atoms with Gasteiger partial charge in [0.25, 0.3) is 5.91 Å². The first-order valence-corrected chi connectivity index (χ1v) is 10.5. The number of aromatic nitrogens is 1. The zero-order chi connectivity index (χ0) is 18.7. The molecule has 0 radical (unpaired) electrons. The number of rotatable bonds is 5. The highest BCUT2D eigenvalue weighted by molar-refractivity contribution is 7.91. The number of amides is 1. The molecule has 26 heavy (non-hydrogen) atoms. The Morgan fingerprint density at radius 1 is 1.35 bits per heavy atom. The van der Waals surface area contributed by atoms with Gasteiger partial charge in [-0.3, -0.25) is 4.79 Å². The molecule has 0 saturated carbocycles. The maximum absolute atomic E-state index is 12.4. The van der Waals surface area contributed by atoms with Gasteiger partial charge in [0.2, 0.25) is 0 Å². The Balaban J connectivity index is 1.60. The number of carbonyl (C=O) groups is 2. The van der Waals surface area contributed by atoms with Crippen molar-refractivity contribution in [2.24, 2.45) is 0 Å². The molecule has 0 bridgehead atoms. The predicted molar refractivity (Wildman–Crippen MR) is 95.8 cm³/mol. The van der Waals surface area contributed by atoms with Crippen LogP contribution in [0.25, 0.3) is 0 Å². The molecular formula is C17H23N3O5S. The summed E-state index contributed by atoms with van der Waals surface area (Å²) in [4.78, 5) is 32.3. The molecule has 3 heterocycles. The van der Waals surface area contributed by atoms with Crippen molar-refractivity contribution in [2.45, 2.75) is 25.3 Å². The van der Waals surface area contributed by atoms with Crippen LogP contribution in [0.15, 0.2) is 18.3 Å². The van der Waals surface area contributed by atoms with E-state index in [1.54, 1.807) is 25.4 Å². The fraction of sp³-hybridized carbons (Fsp3) is 0.588. The Hall–Kier alpha value is -2.16. The fourth-order valence-electron chi connectivity index (χ4n) is 3.33. The van der Waals surface area contributed by atoms with Gasteiger partial charge in [-0.05, 0) is 31.4 Å². The molecule has 2 fully saturated rings. The monoisotopic (exact) mass is 381 g/mol. The third kappa shape index (κ3) is 4.14. The minimum absolute atomic E-state index is 0.0368. The van der Waals surface area contributed by atoms with E-state index in [1.807, 2.05) is 4.90 Å². The molecule has 1 amide bonds. The molecular weight excluding hydrogens is 358 g/mol. The van der Waals surface area contributed by atoms with E-state index in [4.69, 9.17) is 4.74 Å². The minimum atomic E-state index is -3.08. The summed E-state index contributed by atoms with van der Waals surface area (Å²) in [5, 5.41) is 0. The molecule has 1 aromatic heterocycles. The SMILES string of the molecule is CN(C(=O)COC(=O)c1cccnc1N1CCCC1)[C@@H]1CCS(=O)(=O)C1. The lowest BCUT2D eigenvalue weighted by atomic mass is 10.2. The summed E-state index contributed by atoms with van der Waals surface area (Å²) < 4.78 is 28.3. The standard InChI is InChI=1S/C17H23N3O5S/c1-19(13-6-10-26(23,24)12-13)15(21)11-25-17(22)14-5-4-7-18-16(14)20-8-2-3-9-20/h4-5,7,13H,2-3,6,8-12H2,1H3/t13-/m1/s1. The molecule has 1 atom stereocenters. The van der Waals surface area contributed by atoms with Crippen molar-refractivity contribution in [3.8, 4) is 0 Å². The lowest BCUT2D eigenvalue weighted by Gasteiger charge is -2.23. The highest BCUT2D eigenvalue weighted by Crippen LogP contribution is 2.22. The first-order valence-electron chi connectivity index (χ1n) is 8.70. The fourth-order valence-corrected chi connectivity index (χ4v) is 5.10. The van der Waals surface area contributed by atoms with E-state index in [9.17, 15) is 18.0 Å². The second-order valence-electron chi connectivity index (χ2n) is 6.71. The summed E-state index contributed by atoms with van der Waals surface area (Å²) in [6, 6.07) is 2.94. The van der Waals surface area contributed by atoms with Crippen molar-refractivity contribution in [3.63, 3.8) is 0 Å². The number of nitrogens with zero attached hydrogens (tertiary/aromatic N) is 3. The number of sulfone groups is 1. The van der Waals surface area contributed by atoms with Gasteiger partial charge in [0.15, 0.2) is 16.4 Å². The summed E-state index contributed by atoms with van der Waals surface area (Å²) in [7, 11) is -1.54. The molecule has 2 aliphatic heterocycles. The van der Waals surface area contributed by atoms with E-state index in [0.29, 0.717) is 17.8 Å². The second kappa shape index (κ2) is 7.61. The quantitative estimate of drug-likeness (QED) is 0.685. The van der Waals surface area contributed by atoms with Gasteiger partial charge in [0.05, 0.1) is 11.5 Å². The predicted octanol–water partition coefficient (Wildman–Crippen LogP) is 0.484. The van der Waals surface area contributed by atoms with E-state index in [2.05, 4.69) is 4.98 Å². The molecule has 0 N–H and O–H groups in total. The van der Waals surface area contributed by atoms with Crippen LogP contribution in [-0.4, -0.2) is 74.5 Å². The van der Waals surface area contributed by atoms with Gasteiger partial charge in [-0.25, -0.2) is 18.2 Å². The van der Waals surface area contributed by atoms with Gasteiger partial charge in [-0.15, -0.1) is 0 Å². The van der Waals surface area contributed by atoms with E-state index in [1.165, 1.54) is 4.90 Å². The van der Waals surface area contributed by atoms with Gasteiger partial charge in [0.1, 0.15) is 11.4 Å². The van der Waals surface area contributed by atoms with Crippen molar-refractivity contribution < 1.29 is 22.7 Å². The van der Waals surface area contributed by atoms with E-state index in [0.717, 1.165) is 25.9 Å². The summed E-state index contributed by atoms with van der Waals surface area (Å²) in [6.45, 7) is 1.27. The molecule has 8 nitrogen and oxygen atoms in total. The summed E-state index contributed by atoms with van der Waals surface area (Å²) >= 11 is 0. The van der Waals surface area contributed by atoms with Crippen molar-refractivity contribution in [1.29, 1.82) is 0 Å². The smallest absolute Gasteiger partial charge is 0.342 e. The van der Waals surface area contributed by atoms with Crippen LogP contribution >= 0.6 is 0 Å². The zero-order valence-electron chi connectivity index (χ0n) is 14.8. The Labute approximate surface area is 153 Å². The lowest BCUT2D eigenvalue weighted by molar-refractivity contribution is -0.134. The first kappa shape index (κ1) is 18.6. The number of likely N-dealkylation sites (N-methyl/N-ethyl adjacent to an activating group) is 1. The third-order valence-electron chi connectivity index (χ3n) is 4.89. The van der Waals surface area contributed by atoms with Gasteiger partial charge < -0.3 is 14.5 Å². The summed E-state index contributed by atoms with van der Waals surface area (Å²) in [5.74, 6) is -0.375. The number of anilines is 1. The molecule has 1 aromatic rings. The van der Waals surface area contributed by atoms with Gasteiger partial charge >= 0.3 is 5.97 Å². The van der Waals surface area contributed by atoms with Crippen LogP contribution in [0, 0.1) is 0 Å². The molecule has 0 aliphatic carbocycles. The number of pyridine rings is 1. The maximum Gasteiger partial charge on any atom is 0.342 e. The molecule has 0 aromatic carbocycles. The molecule has 0 unspecified atom stereocenters. The van der Waals surface area contributed by atoms with E-state index < -0.39 is 28.3 Å². The first-order chi connectivity index (χ1) is 12.4. The number of carbonyl (C=O) groups excluding carboxylic acids is 2. The van der Waals surface area contributed by atoms with Crippen LogP contribution in [0.5, 0.6) is 0 Å². The summed E-state index contributed by atoms with van der Waals surface area (Å²) in [6.07, 6.45) is 4.15. The Kier molecular flexibility index (Phi) is 5.45. The molecule has 142 valence electrons. The molecule has 0 spiro atoms. The van der Waals surface area contributed by atoms with Crippen molar-refractivity contribution in [1.82, 2.24) is 9.88 Å². The average molecular weight is 381 g/mol. The van der Waals surface area contributed by atoms with E-state index in [-0.39, 0.29) is 17.5 Å². The van der Waals surface area contributed by atoms with Crippen LogP contribution in [0.3, 0.4) is 0 Å². The van der Waals surface area contributed by atoms with Crippen LogP contribution in [0.1, 0.15) is 29.6 Å². The van der Waals surface area contributed by atoms with Crippen LogP contribution < -0.4 is 4.90 Å². The molecule has 9 heteroatoms. The molecule has 3 rings (SSSR count). The molecule has 2 aliphatic rings. The highest BCUT2D eigenvalue weighted by Gasteiger charge is 2.33. The Morgan fingerprint density at radius 2 is 2.08 bits per heavy atom. The Morgan fingerprint density at radius 3 is 2.73 bits per heavy atom. The average Bonchev–Trinajstić information content (AvgIpc) is 3.28.